The lowest BCUT2D eigenvalue weighted by atomic mass is 9.74. The summed E-state index contributed by atoms with van der Waals surface area (Å²) < 4.78 is 5.49. The molecule has 3 aliphatic rings. The Labute approximate surface area is 170 Å². The molecule has 29 heavy (non-hydrogen) atoms. The van der Waals surface area contributed by atoms with Gasteiger partial charge in [-0.3, -0.25) is 9.78 Å². The third kappa shape index (κ3) is 3.17. The van der Waals surface area contributed by atoms with Gasteiger partial charge in [-0.15, -0.1) is 0 Å². The minimum Gasteiger partial charge on any atom is -0.496 e. The molecule has 2 unspecified atom stereocenters. The zero-order chi connectivity index (χ0) is 19.8. The first kappa shape index (κ1) is 17.9. The number of hydrogen-bond donors (Lipinski definition) is 1. The zero-order valence-electron chi connectivity index (χ0n) is 16.3. The molecule has 2 aromatic carbocycles. The van der Waals surface area contributed by atoms with Gasteiger partial charge in [-0.2, -0.15) is 0 Å². The van der Waals surface area contributed by atoms with Gasteiger partial charge in [0.15, 0.2) is 0 Å². The number of aromatic nitrogens is 1. The Morgan fingerprint density at radius 1 is 1.03 bits per heavy atom. The van der Waals surface area contributed by atoms with Crippen molar-refractivity contribution in [1.82, 2.24) is 15.2 Å². The van der Waals surface area contributed by atoms with Crippen LogP contribution in [-0.4, -0.2) is 48.1 Å². The molecule has 4 heterocycles. The molecule has 3 aliphatic heterocycles. The number of methoxy groups -OCH3 is 1. The maximum Gasteiger partial charge on any atom is 0.255 e. The van der Waals surface area contributed by atoms with Crippen LogP contribution in [-0.2, 0) is 0 Å². The quantitative estimate of drug-likeness (QED) is 0.748. The molecule has 0 aliphatic carbocycles. The lowest BCUT2D eigenvalue weighted by Crippen LogP contribution is -2.72. The molecule has 3 saturated heterocycles. The van der Waals surface area contributed by atoms with Crippen LogP contribution < -0.4 is 10.1 Å². The Morgan fingerprint density at radius 2 is 1.79 bits per heavy atom. The van der Waals surface area contributed by atoms with Crippen molar-refractivity contribution in [3.05, 3.63) is 84.2 Å². The first-order valence-corrected chi connectivity index (χ1v) is 9.93. The molecule has 3 aromatic rings. The van der Waals surface area contributed by atoms with E-state index in [2.05, 4.69) is 40.6 Å². The Balaban J connectivity index is 1.31. The average Bonchev–Trinajstić information content (AvgIpc) is 2.79. The van der Waals surface area contributed by atoms with E-state index in [1.54, 1.807) is 19.5 Å². The molecule has 1 N–H and O–H groups in total. The SMILES string of the molecule is COc1ccccc1-c1ccc(C2C3CN(C(=O)c4cccnc4)CC2N3)cc1. The van der Waals surface area contributed by atoms with Crippen LogP contribution >= 0.6 is 0 Å². The summed E-state index contributed by atoms with van der Waals surface area (Å²) in [5, 5.41) is 3.60. The number of pyridine rings is 1. The number of carbonyl (C=O) groups excluding carboxylic acids is 1. The van der Waals surface area contributed by atoms with E-state index < -0.39 is 0 Å². The summed E-state index contributed by atoms with van der Waals surface area (Å²) in [7, 11) is 1.70. The van der Waals surface area contributed by atoms with E-state index in [1.165, 1.54) is 5.56 Å². The number of carbonyl (C=O) groups is 1. The number of ether oxygens (including phenoxy) is 1. The molecule has 3 fully saturated rings. The van der Waals surface area contributed by atoms with Crippen LogP contribution in [0.3, 0.4) is 0 Å². The Kier molecular flexibility index (Phi) is 4.52. The Bertz CT molecular complexity index is 1010. The maximum atomic E-state index is 12.7. The van der Waals surface area contributed by atoms with E-state index in [-0.39, 0.29) is 5.91 Å². The van der Waals surface area contributed by atoms with Crippen molar-refractivity contribution < 1.29 is 9.53 Å². The summed E-state index contributed by atoms with van der Waals surface area (Å²) in [6.07, 6.45) is 3.33. The molecular formula is C24H23N3O2. The normalized spacial score (nSPS) is 22.7. The first-order chi connectivity index (χ1) is 14.2. The molecule has 0 spiro atoms. The third-order valence-corrected chi connectivity index (χ3v) is 6.04. The highest BCUT2D eigenvalue weighted by molar-refractivity contribution is 5.94. The number of hydrogen-bond acceptors (Lipinski definition) is 4. The molecule has 0 saturated carbocycles. The predicted molar refractivity (Wildman–Crippen MR) is 112 cm³/mol. The highest BCUT2D eigenvalue weighted by atomic mass is 16.5. The molecule has 6 rings (SSSR count). The van der Waals surface area contributed by atoms with Crippen molar-refractivity contribution in [3.8, 4) is 16.9 Å². The Morgan fingerprint density at radius 3 is 2.48 bits per heavy atom. The number of nitrogens with one attached hydrogen (secondary N) is 1. The number of piperidine rings is 1. The van der Waals surface area contributed by atoms with E-state index in [0.29, 0.717) is 23.6 Å². The average molecular weight is 385 g/mol. The summed E-state index contributed by atoms with van der Waals surface area (Å²) in [6.45, 7) is 1.45. The monoisotopic (exact) mass is 385 g/mol. The lowest BCUT2D eigenvalue weighted by molar-refractivity contribution is 0.0367. The van der Waals surface area contributed by atoms with Crippen LogP contribution in [0.5, 0.6) is 5.75 Å². The zero-order valence-corrected chi connectivity index (χ0v) is 16.3. The fourth-order valence-electron chi connectivity index (χ4n) is 4.60. The van der Waals surface area contributed by atoms with Crippen LogP contribution in [0.25, 0.3) is 11.1 Å². The molecule has 146 valence electrons. The summed E-state index contributed by atoms with van der Waals surface area (Å²) in [5.74, 6) is 1.39. The number of amides is 1. The Hall–Kier alpha value is -3.18. The van der Waals surface area contributed by atoms with E-state index in [9.17, 15) is 4.79 Å². The minimum absolute atomic E-state index is 0.0690. The van der Waals surface area contributed by atoms with Gasteiger partial charge in [0.25, 0.3) is 5.91 Å². The standard InChI is InChI=1S/C24H23N3O2/c1-29-22-7-3-2-6-19(22)16-8-10-17(11-9-16)23-20-14-27(15-21(23)26-20)24(28)18-5-4-12-25-13-18/h2-13,20-21,23,26H,14-15H2,1H3. The second kappa shape index (κ2) is 7.33. The summed E-state index contributed by atoms with van der Waals surface area (Å²) in [4.78, 5) is 18.7. The fraction of sp³-hybridized carbons (Fsp3) is 0.250. The predicted octanol–water partition coefficient (Wildman–Crippen LogP) is 3.34. The van der Waals surface area contributed by atoms with Gasteiger partial charge >= 0.3 is 0 Å². The maximum absolute atomic E-state index is 12.7. The van der Waals surface area contributed by atoms with Crippen molar-refractivity contribution >= 4 is 5.91 Å². The van der Waals surface area contributed by atoms with Crippen LogP contribution in [0.1, 0.15) is 21.8 Å². The molecule has 1 amide bonds. The first-order valence-electron chi connectivity index (χ1n) is 9.93. The van der Waals surface area contributed by atoms with E-state index in [4.69, 9.17) is 4.74 Å². The van der Waals surface area contributed by atoms with Crippen molar-refractivity contribution in [2.75, 3.05) is 20.2 Å². The van der Waals surface area contributed by atoms with Crippen LogP contribution in [0, 0.1) is 0 Å². The van der Waals surface area contributed by atoms with Gasteiger partial charge in [0, 0.05) is 49.0 Å². The summed E-state index contributed by atoms with van der Waals surface area (Å²) in [5.41, 5.74) is 4.23. The van der Waals surface area contributed by atoms with Gasteiger partial charge in [0.2, 0.25) is 0 Å². The van der Waals surface area contributed by atoms with E-state index in [0.717, 1.165) is 30.0 Å². The largest absolute Gasteiger partial charge is 0.496 e. The number of rotatable bonds is 4. The van der Waals surface area contributed by atoms with Crippen molar-refractivity contribution in [2.45, 2.75) is 18.0 Å². The van der Waals surface area contributed by atoms with Gasteiger partial charge in [-0.05, 0) is 29.3 Å². The molecule has 5 nitrogen and oxygen atoms in total. The highest BCUT2D eigenvalue weighted by Crippen LogP contribution is 2.38. The number of fused-ring (bicyclic) bond motifs is 2. The summed E-state index contributed by atoms with van der Waals surface area (Å²) in [6, 6.07) is 21.1. The number of para-hydroxylation sites is 1. The molecule has 0 radical (unpaired) electrons. The minimum atomic E-state index is 0.0690. The fourth-order valence-corrected chi connectivity index (χ4v) is 4.60. The smallest absolute Gasteiger partial charge is 0.255 e. The van der Waals surface area contributed by atoms with Gasteiger partial charge < -0.3 is 15.0 Å². The van der Waals surface area contributed by atoms with Crippen molar-refractivity contribution in [2.24, 2.45) is 0 Å². The molecule has 2 bridgehead atoms. The molecule has 5 heteroatoms. The second-order valence-electron chi connectivity index (χ2n) is 7.68. The second-order valence-corrected chi connectivity index (χ2v) is 7.68. The van der Waals surface area contributed by atoms with Crippen molar-refractivity contribution in [1.29, 1.82) is 0 Å². The molecule has 2 atom stereocenters. The van der Waals surface area contributed by atoms with Crippen LogP contribution in [0.15, 0.2) is 73.1 Å². The molecule has 1 aromatic heterocycles. The third-order valence-electron chi connectivity index (χ3n) is 6.04. The van der Waals surface area contributed by atoms with Gasteiger partial charge in [-0.25, -0.2) is 0 Å². The van der Waals surface area contributed by atoms with Crippen LogP contribution in [0.2, 0.25) is 0 Å². The van der Waals surface area contributed by atoms with Crippen molar-refractivity contribution in [3.63, 3.8) is 0 Å². The number of benzene rings is 2. The van der Waals surface area contributed by atoms with E-state index >= 15 is 0 Å². The van der Waals surface area contributed by atoms with Gasteiger partial charge in [0.05, 0.1) is 12.7 Å². The van der Waals surface area contributed by atoms with E-state index in [1.807, 2.05) is 35.2 Å². The molecular weight excluding hydrogens is 362 g/mol. The van der Waals surface area contributed by atoms with Crippen LogP contribution in [0.4, 0.5) is 0 Å². The highest BCUT2D eigenvalue weighted by Gasteiger charge is 2.48. The van der Waals surface area contributed by atoms with Gasteiger partial charge in [0.1, 0.15) is 5.75 Å². The number of nitrogens with zero attached hydrogens (tertiary/aromatic N) is 2. The summed E-state index contributed by atoms with van der Waals surface area (Å²) >= 11 is 0. The van der Waals surface area contributed by atoms with Gasteiger partial charge in [-0.1, -0.05) is 42.5 Å². The topological polar surface area (TPSA) is 54.5 Å². The lowest BCUT2D eigenvalue weighted by Gasteiger charge is -2.54. The number of piperazine rings is 1.